The third kappa shape index (κ3) is 4.62. The highest BCUT2D eigenvalue weighted by Gasteiger charge is 2.22. The van der Waals surface area contributed by atoms with Crippen molar-refractivity contribution in [3.8, 4) is 17.1 Å². The summed E-state index contributed by atoms with van der Waals surface area (Å²) in [6.07, 6.45) is 1.81. The van der Waals surface area contributed by atoms with Crippen molar-refractivity contribution in [1.29, 1.82) is 5.41 Å². The largest absolute Gasteiger partial charge is 0.373 e. The molecule has 0 aliphatic heterocycles. The number of nitrogens with one attached hydrogen (secondary N) is 2. The monoisotopic (exact) mass is 471 g/mol. The molecule has 0 fully saturated rings. The van der Waals surface area contributed by atoms with Gasteiger partial charge in [-0.2, -0.15) is 4.98 Å². The summed E-state index contributed by atoms with van der Waals surface area (Å²) in [7, 11) is -2.28. The van der Waals surface area contributed by atoms with Crippen LogP contribution in [0.3, 0.4) is 0 Å². The van der Waals surface area contributed by atoms with Crippen molar-refractivity contribution in [2.45, 2.75) is 29.7 Å². The van der Waals surface area contributed by atoms with Gasteiger partial charge in [0.1, 0.15) is 17.2 Å². The van der Waals surface area contributed by atoms with Gasteiger partial charge in [0.05, 0.1) is 9.92 Å². The standard InChI is InChI=1S/C22H25N5O3S2/c1-13(2)14-5-7-15(8-6-14)20-26-21(28)18(19(23)25-3)22(31-4)27(20)16-9-11-17(12-10-16)32(24,29)30/h5-13H,1-4H3,(H2,23,25)(H2,24,29,30). The number of hydrogen-bond donors (Lipinski definition) is 3. The third-order valence-corrected chi connectivity index (χ3v) is 6.71. The number of benzene rings is 2. The third-order valence-electron chi connectivity index (χ3n) is 5.00. The second-order valence-corrected chi connectivity index (χ2v) is 9.76. The minimum atomic E-state index is -3.85. The molecule has 32 heavy (non-hydrogen) atoms. The van der Waals surface area contributed by atoms with E-state index in [-0.39, 0.29) is 16.3 Å². The summed E-state index contributed by atoms with van der Waals surface area (Å²) in [6.45, 7) is 4.19. The van der Waals surface area contributed by atoms with E-state index in [0.717, 1.165) is 11.1 Å². The van der Waals surface area contributed by atoms with E-state index in [1.807, 2.05) is 30.5 Å². The lowest BCUT2D eigenvalue weighted by Gasteiger charge is -2.20. The van der Waals surface area contributed by atoms with Crippen LogP contribution in [0.2, 0.25) is 0 Å². The highest BCUT2D eigenvalue weighted by molar-refractivity contribution is 7.98. The highest BCUT2D eigenvalue weighted by atomic mass is 32.2. The number of primary sulfonamides is 1. The zero-order chi connectivity index (χ0) is 23.6. The molecule has 10 heteroatoms. The molecule has 3 aromatic rings. The van der Waals surface area contributed by atoms with Crippen molar-refractivity contribution in [2.75, 3.05) is 13.3 Å². The normalized spacial score (nSPS) is 11.6. The van der Waals surface area contributed by atoms with Crippen molar-refractivity contribution in [3.05, 3.63) is 70.0 Å². The molecular weight excluding hydrogens is 446 g/mol. The molecule has 1 aromatic heterocycles. The first-order valence-corrected chi connectivity index (χ1v) is 12.6. The van der Waals surface area contributed by atoms with Gasteiger partial charge in [-0.05, 0) is 42.0 Å². The fourth-order valence-corrected chi connectivity index (χ4v) is 4.55. The van der Waals surface area contributed by atoms with E-state index < -0.39 is 15.6 Å². The van der Waals surface area contributed by atoms with E-state index in [4.69, 9.17) is 10.5 Å². The summed E-state index contributed by atoms with van der Waals surface area (Å²) in [6, 6.07) is 13.8. The van der Waals surface area contributed by atoms with Crippen molar-refractivity contribution in [2.24, 2.45) is 5.14 Å². The summed E-state index contributed by atoms with van der Waals surface area (Å²) < 4.78 is 25.1. The molecule has 8 nitrogen and oxygen atoms in total. The smallest absolute Gasteiger partial charge is 0.285 e. The Balaban J connectivity index is 2.35. The van der Waals surface area contributed by atoms with E-state index in [9.17, 15) is 13.2 Å². The van der Waals surface area contributed by atoms with Gasteiger partial charge >= 0.3 is 0 Å². The number of sulfonamides is 1. The van der Waals surface area contributed by atoms with Crippen LogP contribution in [-0.2, 0) is 10.0 Å². The number of aromatic nitrogens is 2. The van der Waals surface area contributed by atoms with E-state index in [1.54, 1.807) is 23.7 Å². The van der Waals surface area contributed by atoms with Crippen LogP contribution in [0.1, 0.15) is 30.9 Å². The maximum atomic E-state index is 12.9. The quantitative estimate of drug-likeness (QED) is 0.219. The molecule has 0 amide bonds. The Kier molecular flexibility index (Phi) is 6.87. The van der Waals surface area contributed by atoms with Crippen molar-refractivity contribution in [3.63, 3.8) is 0 Å². The zero-order valence-electron chi connectivity index (χ0n) is 18.2. The summed E-state index contributed by atoms with van der Waals surface area (Å²) in [4.78, 5) is 17.2. The first-order chi connectivity index (χ1) is 15.1. The summed E-state index contributed by atoms with van der Waals surface area (Å²) in [5.41, 5.74) is 2.08. The molecule has 2 aromatic carbocycles. The van der Waals surface area contributed by atoms with E-state index in [2.05, 4.69) is 24.1 Å². The second kappa shape index (κ2) is 9.27. The van der Waals surface area contributed by atoms with Crippen LogP contribution in [0.4, 0.5) is 0 Å². The second-order valence-electron chi connectivity index (χ2n) is 7.40. The lowest BCUT2D eigenvalue weighted by molar-refractivity contribution is 0.598. The van der Waals surface area contributed by atoms with Crippen LogP contribution in [0.5, 0.6) is 0 Å². The molecule has 0 saturated carbocycles. The van der Waals surface area contributed by atoms with Gasteiger partial charge in [-0.3, -0.25) is 14.8 Å². The Bertz CT molecular complexity index is 1310. The topological polar surface area (TPSA) is 131 Å². The number of thioether (sulfide) groups is 1. The van der Waals surface area contributed by atoms with Crippen LogP contribution in [0.25, 0.3) is 17.1 Å². The summed E-state index contributed by atoms with van der Waals surface area (Å²) >= 11 is 1.30. The van der Waals surface area contributed by atoms with Crippen molar-refractivity contribution >= 4 is 27.6 Å². The number of hydrogen-bond acceptors (Lipinski definition) is 6. The fourth-order valence-electron chi connectivity index (χ4n) is 3.27. The van der Waals surface area contributed by atoms with Crippen LogP contribution in [0, 0.1) is 5.41 Å². The fraction of sp³-hybridized carbons (Fsp3) is 0.227. The predicted octanol–water partition coefficient (Wildman–Crippen LogP) is 2.94. The number of amidine groups is 1. The van der Waals surface area contributed by atoms with Crippen LogP contribution in [0.15, 0.2) is 63.2 Å². The molecular formula is C22H25N5O3S2. The lowest BCUT2D eigenvalue weighted by Crippen LogP contribution is -2.31. The van der Waals surface area contributed by atoms with Crippen LogP contribution < -0.4 is 16.0 Å². The van der Waals surface area contributed by atoms with E-state index in [0.29, 0.717) is 22.5 Å². The number of rotatable bonds is 6. The highest BCUT2D eigenvalue weighted by Crippen LogP contribution is 2.30. The predicted molar refractivity (Wildman–Crippen MR) is 128 cm³/mol. The van der Waals surface area contributed by atoms with E-state index in [1.165, 1.54) is 23.9 Å². The minimum Gasteiger partial charge on any atom is -0.373 e. The first kappa shape index (κ1) is 23.7. The SMILES string of the molecule is CNC(=N)c1c(SC)n(-c2ccc(S(N)(=O)=O)cc2)c(-c2ccc(C(C)C)cc2)nc1=O. The summed E-state index contributed by atoms with van der Waals surface area (Å²) in [5, 5.41) is 16.7. The minimum absolute atomic E-state index is 0.0213. The van der Waals surface area contributed by atoms with Crippen LogP contribution in [-0.4, -0.2) is 37.1 Å². The van der Waals surface area contributed by atoms with Gasteiger partial charge in [-0.15, -0.1) is 11.8 Å². The molecule has 0 aliphatic rings. The van der Waals surface area contributed by atoms with Crippen molar-refractivity contribution < 1.29 is 8.42 Å². The molecule has 0 radical (unpaired) electrons. The number of nitrogens with two attached hydrogens (primary N) is 1. The maximum Gasteiger partial charge on any atom is 0.285 e. The summed E-state index contributed by atoms with van der Waals surface area (Å²) in [5.74, 6) is 0.694. The Morgan fingerprint density at radius 1 is 1.12 bits per heavy atom. The Morgan fingerprint density at radius 3 is 2.19 bits per heavy atom. The van der Waals surface area contributed by atoms with Gasteiger partial charge in [-0.25, -0.2) is 13.6 Å². The Labute approximate surface area is 191 Å². The van der Waals surface area contributed by atoms with Gasteiger partial charge in [0.2, 0.25) is 10.0 Å². The molecule has 0 atom stereocenters. The molecule has 1 heterocycles. The molecule has 0 bridgehead atoms. The molecule has 168 valence electrons. The molecule has 3 rings (SSSR count). The molecule has 0 spiro atoms. The average Bonchev–Trinajstić information content (AvgIpc) is 2.77. The molecule has 0 unspecified atom stereocenters. The van der Waals surface area contributed by atoms with Crippen molar-refractivity contribution in [1.82, 2.24) is 14.9 Å². The first-order valence-electron chi connectivity index (χ1n) is 9.79. The van der Waals surface area contributed by atoms with Gasteiger partial charge in [0, 0.05) is 18.3 Å². The lowest BCUT2D eigenvalue weighted by atomic mass is 10.0. The van der Waals surface area contributed by atoms with Gasteiger partial charge in [0.15, 0.2) is 0 Å². The zero-order valence-corrected chi connectivity index (χ0v) is 19.8. The Hall–Kier alpha value is -2.95. The average molecular weight is 472 g/mol. The molecule has 0 saturated heterocycles. The maximum absolute atomic E-state index is 12.9. The number of nitrogens with zero attached hydrogens (tertiary/aromatic N) is 2. The molecule has 4 N–H and O–H groups in total. The van der Waals surface area contributed by atoms with Gasteiger partial charge in [-0.1, -0.05) is 38.1 Å². The van der Waals surface area contributed by atoms with E-state index >= 15 is 0 Å². The van der Waals surface area contributed by atoms with Gasteiger partial charge < -0.3 is 5.32 Å². The van der Waals surface area contributed by atoms with Crippen LogP contribution >= 0.6 is 11.8 Å². The van der Waals surface area contributed by atoms with Gasteiger partial charge in [0.25, 0.3) is 5.56 Å². The molecule has 0 aliphatic carbocycles. The Morgan fingerprint density at radius 2 is 1.72 bits per heavy atom.